The first kappa shape index (κ1) is 28.3. The van der Waals surface area contributed by atoms with Crippen molar-refractivity contribution in [2.24, 2.45) is 17.4 Å². The molecule has 0 spiro atoms. The second kappa shape index (κ2) is 14.4. The lowest BCUT2D eigenvalue weighted by Gasteiger charge is -2.26. The van der Waals surface area contributed by atoms with Crippen LogP contribution in [0.5, 0.6) is 0 Å². The van der Waals surface area contributed by atoms with Crippen LogP contribution in [0.1, 0.15) is 58.8 Å². The van der Waals surface area contributed by atoms with Crippen LogP contribution in [0.2, 0.25) is 0 Å². The van der Waals surface area contributed by atoms with Gasteiger partial charge in [-0.05, 0) is 57.5 Å². The van der Waals surface area contributed by atoms with Gasteiger partial charge in [-0.2, -0.15) is 0 Å². The molecule has 0 radical (unpaired) electrons. The molecule has 12 nitrogen and oxygen atoms in total. The molecular formula is C21H38N6O6. The van der Waals surface area contributed by atoms with Gasteiger partial charge in [-0.1, -0.05) is 13.8 Å². The molecule has 188 valence electrons. The van der Waals surface area contributed by atoms with Gasteiger partial charge in [0.25, 0.3) is 0 Å². The van der Waals surface area contributed by atoms with Crippen molar-refractivity contribution in [2.75, 3.05) is 13.1 Å². The first-order chi connectivity index (χ1) is 15.6. The maximum Gasteiger partial charge on any atom is 0.326 e. The third kappa shape index (κ3) is 10.2. The summed E-state index contributed by atoms with van der Waals surface area (Å²) in [5.41, 5.74) is 10.7. The quantitative estimate of drug-likeness (QED) is 0.137. The maximum atomic E-state index is 13.0. The number of rotatable bonds is 15. The number of unbranched alkanes of at least 4 members (excludes halogenated alkanes) is 1. The zero-order chi connectivity index (χ0) is 25.0. The summed E-state index contributed by atoms with van der Waals surface area (Å²) in [6.45, 7) is 4.42. The molecule has 33 heavy (non-hydrogen) atoms. The van der Waals surface area contributed by atoms with E-state index in [1.165, 1.54) is 0 Å². The van der Waals surface area contributed by atoms with E-state index in [-0.39, 0.29) is 31.1 Å². The molecule has 0 aliphatic carbocycles. The van der Waals surface area contributed by atoms with E-state index in [1.54, 1.807) is 13.8 Å². The minimum Gasteiger partial charge on any atom is -0.480 e. The van der Waals surface area contributed by atoms with E-state index < -0.39 is 47.9 Å². The Morgan fingerprint density at radius 1 is 1.00 bits per heavy atom. The molecular weight excluding hydrogens is 432 g/mol. The molecule has 1 rings (SSSR count). The third-order valence-corrected chi connectivity index (χ3v) is 5.50. The van der Waals surface area contributed by atoms with E-state index in [1.807, 2.05) is 0 Å². The van der Waals surface area contributed by atoms with E-state index in [2.05, 4.69) is 21.3 Å². The molecule has 0 aromatic rings. The molecule has 1 aliphatic rings. The van der Waals surface area contributed by atoms with Crippen LogP contribution in [-0.2, 0) is 24.0 Å². The highest BCUT2D eigenvalue weighted by molar-refractivity contribution is 5.94. The van der Waals surface area contributed by atoms with Crippen molar-refractivity contribution < 1.29 is 29.1 Å². The Morgan fingerprint density at radius 3 is 2.15 bits per heavy atom. The number of primary amides is 1. The van der Waals surface area contributed by atoms with Gasteiger partial charge in [0.1, 0.15) is 18.1 Å². The summed E-state index contributed by atoms with van der Waals surface area (Å²) >= 11 is 0. The van der Waals surface area contributed by atoms with Crippen molar-refractivity contribution >= 4 is 29.6 Å². The van der Waals surface area contributed by atoms with Crippen LogP contribution in [0, 0.1) is 5.92 Å². The van der Waals surface area contributed by atoms with Gasteiger partial charge in [-0.3, -0.25) is 19.2 Å². The van der Waals surface area contributed by atoms with Crippen LogP contribution in [-0.4, -0.2) is 72.0 Å². The van der Waals surface area contributed by atoms with Crippen LogP contribution < -0.4 is 32.7 Å². The summed E-state index contributed by atoms with van der Waals surface area (Å²) in [7, 11) is 0. The fourth-order valence-corrected chi connectivity index (χ4v) is 3.54. The van der Waals surface area contributed by atoms with E-state index >= 15 is 0 Å². The highest BCUT2D eigenvalue weighted by Crippen LogP contribution is 2.09. The Balaban J connectivity index is 2.93. The molecule has 1 heterocycles. The lowest BCUT2D eigenvalue weighted by molar-refractivity contribution is -0.143. The Hall–Kier alpha value is -2.73. The molecule has 1 aliphatic heterocycles. The molecule has 4 atom stereocenters. The Kier molecular flexibility index (Phi) is 12.4. The first-order valence-electron chi connectivity index (χ1n) is 11.4. The highest BCUT2D eigenvalue weighted by Gasteiger charge is 2.32. The minimum atomic E-state index is -1.18. The van der Waals surface area contributed by atoms with E-state index in [0.29, 0.717) is 32.4 Å². The van der Waals surface area contributed by atoms with Gasteiger partial charge in [0.05, 0.1) is 6.04 Å². The molecule has 0 bridgehead atoms. The van der Waals surface area contributed by atoms with Crippen molar-refractivity contribution in [3.63, 3.8) is 0 Å². The zero-order valence-corrected chi connectivity index (χ0v) is 19.4. The third-order valence-electron chi connectivity index (χ3n) is 5.50. The van der Waals surface area contributed by atoms with E-state index in [4.69, 9.17) is 11.5 Å². The number of nitrogens with two attached hydrogens (primary N) is 2. The first-order valence-corrected chi connectivity index (χ1v) is 11.4. The van der Waals surface area contributed by atoms with Crippen molar-refractivity contribution in [3.8, 4) is 0 Å². The molecule has 4 unspecified atom stereocenters. The number of aliphatic carboxylic acids is 1. The molecule has 1 saturated heterocycles. The number of carboxylic acids is 1. The van der Waals surface area contributed by atoms with Crippen molar-refractivity contribution in [1.82, 2.24) is 21.3 Å². The van der Waals surface area contributed by atoms with Gasteiger partial charge in [-0.15, -0.1) is 0 Å². The average molecular weight is 471 g/mol. The van der Waals surface area contributed by atoms with Crippen molar-refractivity contribution in [2.45, 2.75) is 83.0 Å². The number of amides is 4. The number of carbonyl (C=O) groups is 5. The summed E-state index contributed by atoms with van der Waals surface area (Å²) in [5.74, 6) is -3.83. The fraction of sp³-hybridized carbons (Fsp3) is 0.762. The lowest BCUT2D eigenvalue weighted by Crippen LogP contribution is -2.57. The van der Waals surface area contributed by atoms with Gasteiger partial charge < -0.3 is 37.8 Å². The normalized spacial score (nSPS) is 18.2. The number of hydrogen-bond donors (Lipinski definition) is 7. The van der Waals surface area contributed by atoms with Gasteiger partial charge in [-0.25, -0.2) is 4.79 Å². The summed E-state index contributed by atoms with van der Waals surface area (Å²) in [6.07, 6.45) is 2.68. The summed E-state index contributed by atoms with van der Waals surface area (Å²) in [6, 6.07) is -3.65. The topological polar surface area (TPSA) is 206 Å². The Morgan fingerprint density at radius 2 is 1.64 bits per heavy atom. The van der Waals surface area contributed by atoms with Crippen LogP contribution in [0.4, 0.5) is 0 Å². The van der Waals surface area contributed by atoms with Gasteiger partial charge in [0, 0.05) is 6.42 Å². The molecule has 9 N–H and O–H groups in total. The molecule has 0 aromatic heterocycles. The van der Waals surface area contributed by atoms with Gasteiger partial charge in [0.2, 0.25) is 23.6 Å². The van der Waals surface area contributed by atoms with E-state index in [0.717, 1.165) is 6.42 Å². The monoisotopic (exact) mass is 470 g/mol. The lowest BCUT2D eigenvalue weighted by atomic mass is 10.0. The van der Waals surface area contributed by atoms with Crippen LogP contribution in [0.3, 0.4) is 0 Å². The highest BCUT2D eigenvalue weighted by atomic mass is 16.4. The van der Waals surface area contributed by atoms with Crippen LogP contribution in [0.25, 0.3) is 0 Å². The molecule has 1 fully saturated rings. The number of nitrogens with one attached hydrogen (secondary N) is 4. The van der Waals surface area contributed by atoms with Crippen LogP contribution >= 0.6 is 0 Å². The average Bonchev–Trinajstić information content (AvgIpc) is 3.28. The largest absolute Gasteiger partial charge is 0.480 e. The predicted molar refractivity (Wildman–Crippen MR) is 121 cm³/mol. The molecule has 12 heteroatoms. The molecule has 0 aromatic carbocycles. The maximum absolute atomic E-state index is 13.0. The van der Waals surface area contributed by atoms with Gasteiger partial charge >= 0.3 is 5.97 Å². The Bertz CT molecular complexity index is 695. The number of carboxylic acid groups (broad SMARTS) is 1. The predicted octanol–water partition coefficient (Wildman–Crippen LogP) is -1.67. The second-order valence-corrected chi connectivity index (χ2v) is 8.63. The van der Waals surface area contributed by atoms with Crippen LogP contribution in [0.15, 0.2) is 0 Å². The zero-order valence-electron chi connectivity index (χ0n) is 19.4. The SMILES string of the molecule is CC(C)C(NC(=O)C(CCCCN)NC(=O)C(CCC(N)=O)NC(=O)C1CCCN1)C(=O)O. The second-order valence-electron chi connectivity index (χ2n) is 8.63. The van der Waals surface area contributed by atoms with Crippen molar-refractivity contribution in [1.29, 1.82) is 0 Å². The molecule has 0 saturated carbocycles. The Labute approximate surface area is 194 Å². The fourth-order valence-electron chi connectivity index (χ4n) is 3.54. The number of carbonyl (C=O) groups excluding carboxylic acids is 4. The summed E-state index contributed by atoms with van der Waals surface area (Å²) in [4.78, 5) is 61.0. The van der Waals surface area contributed by atoms with E-state index in [9.17, 15) is 29.1 Å². The molecule has 4 amide bonds. The van der Waals surface area contributed by atoms with Gasteiger partial charge in [0.15, 0.2) is 0 Å². The van der Waals surface area contributed by atoms with Crippen molar-refractivity contribution in [3.05, 3.63) is 0 Å². The summed E-state index contributed by atoms with van der Waals surface area (Å²) < 4.78 is 0. The minimum absolute atomic E-state index is 0.0273. The smallest absolute Gasteiger partial charge is 0.326 e. The summed E-state index contributed by atoms with van der Waals surface area (Å²) in [5, 5.41) is 20.1. The standard InChI is InChI=1S/C21H38N6O6/c1-12(2)17(21(32)33)27-20(31)14(6-3-4-10-22)25-19(30)15(8-9-16(23)28)26-18(29)13-7-5-11-24-13/h12-15,17,24H,3-11,22H2,1-2H3,(H2,23,28)(H,25,30)(H,26,29)(H,27,31)(H,32,33). The number of hydrogen-bond acceptors (Lipinski definition) is 7.